The van der Waals surface area contributed by atoms with Gasteiger partial charge in [0.2, 0.25) is 15.9 Å². The molecule has 0 saturated carbocycles. The van der Waals surface area contributed by atoms with Gasteiger partial charge in [0, 0.05) is 48.2 Å². The minimum atomic E-state index is -3.30. The summed E-state index contributed by atoms with van der Waals surface area (Å²) in [5.74, 6) is -0.0262. The normalized spacial score (nSPS) is 17.9. The number of nitrogens with zero attached hydrogens (tertiary/aromatic N) is 5. The molecule has 9 nitrogen and oxygen atoms in total. The molecule has 1 amide bonds. The van der Waals surface area contributed by atoms with Crippen molar-refractivity contribution in [3.63, 3.8) is 0 Å². The van der Waals surface area contributed by atoms with Crippen LogP contribution in [0.15, 0.2) is 61.3 Å². The quantitative estimate of drug-likeness (QED) is 0.473. The molecule has 0 aliphatic carbocycles. The van der Waals surface area contributed by atoms with Gasteiger partial charge in [0.15, 0.2) is 0 Å². The standard InChI is InChI=1S/C25H24N6O3S/c1-35(33,34)30-10-7-25(8-11-30)20-6-9-26-15-22(20)31(24(25)32)16-21-23(18-13-28-29-14-18)19-5-3-2-4-17(19)12-27-21/h2-6,9,12-15H,7-8,10-11,16H2,1H3,(H,28,29). The number of rotatable bonds is 4. The third-order valence-electron chi connectivity index (χ3n) is 7.28. The number of aromatic amines is 1. The number of nitrogens with one attached hydrogen (secondary N) is 1. The first-order valence-electron chi connectivity index (χ1n) is 11.5. The van der Waals surface area contributed by atoms with E-state index in [9.17, 15) is 13.2 Å². The minimum Gasteiger partial charge on any atom is -0.304 e. The van der Waals surface area contributed by atoms with E-state index in [0.29, 0.717) is 25.9 Å². The van der Waals surface area contributed by atoms with E-state index in [0.717, 1.165) is 38.8 Å². The first kappa shape index (κ1) is 21.9. The number of anilines is 1. The Morgan fingerprint density at radius 1 is 1.09 bits per heavy atom. The molecule has 2 aliphatic rings. The van der Waals surface area contributed by atoms with E-state index in [4.69, 9.17) is 4.98 Å². The van der Waals surface area contributed by atoms with Crippen molar-refractivity contribution < 1.29 is 13.2 Å². The third-order valence-corrected chi connectivity index (χ3v) is 8.58. The zero-order valence-electron chi connectivity index (χ0n) is 19.2. The summed E-state index contributed by atoms with van der Waals surface area (Å²) >= 11 is 0. The van der Waals surface area contributed by atoms with Gasteiger partial charge in [-0.05, 0) is 29.9 Å². The molecule has 1 fully saturated rings. The number of pyridine rings is 2. The summed E-state index contributed by atoms with van der Waals surface area (Å²) in [4.78, 5) is 24.9. The highest BCUT2D eigenvalue weighted by atomic mass is 32.2. The Kier molecular flexibility index (Phi) is 4.97. The summed E-state index contributed by atoms with van der Waals surface area (Å²) in [6.07, 6.45) is 10.9. The van der Waals surface area contributed by atoms with Crippen LogP contribution in [0.25, 0.3) is 21.9 Å². The lowest BCUT2D eigenvalue weighted by molar-refractivity contribution is -0.124. The number of H-pyrrole nitrogens is 1. The lowest BCUT2D eigenvalue weighted by Crippen LogP contribution is -2.49. The molecule has 4 aromatic rings. The second-order valence-electron chi connectivity index (χ2n) is 9.18. The Hall–Kier alpha value is -3.63. The molecule has 5 heterocycles. The van der Waals surface area contributed by atoms with E-state index in [1.54, 1.807) is 23.5 Å². The smallest absolute Gasteiger partial charge is 0.238 e. The molecule has 2 aliphatic heterocycles. The number of carbonyl (C=O) groups excluding carboxylic acids is 1. The van der Waals surface area contributed by atoms with E-state index in [2.05, 4.69) is 15.2 Å². The first-order chi connectivity index (χ1) is 16.9. The summed E-state index contributed by atoms with van der Waals surface area (Å²) < 4.78 is 25.6. The van der Waals surface area contributed by atoms with Gasteiger partial charge in [0.05, 0.1) is 42.0 Å². The Bertz CT molecular complexity index is 1540. The van der Waals surface area contributed by atoms with Gasteiger partial charge < -0.3 is 4.90 Å². The summed E-state index contributed by atoms with van der Waals surface area (Å²) in [5, 5.41) is 9.05. The molecular weight excluding hydrogens is 464 g/mol. The molecule has 6 rings (SSSR count). The van der Waals surface area contributed by atoms with Crippen molar-refractivity contribution in [1.82, 2.24) is 24.5 Å². The second-order valence-corrected chi connectivity index (χ2v) is 11.2. The van der Waals surface area contributed by atoms with E-state index >= 15 is 0 Å². The number of fused-ring (bicyclic) bond motifs is 3. The van der Waals surface area contributed by atoms with Crippen molar-refractivity contribution >= 4 is 32.4 Å². The zero-order valence-corrected chi connectivity index (χ0v) is 20.0. The van der Waals surface area contributed by atoms with Crippen molar-refractivity contribution in [3.8, 4) is 11.1 Å². The largest absolute Gasteiger partial charge is 0.304 e. The Labute approximate surface area is 202 Å². The average molecular weight is 489 g/mol. The van der Waals surface area contributed by atoms with Crippen LogP contribution in [0.3, 0.4) is 0 Å². The molecule has 35 heavy (non-hydrogen) atoms. The number of carbonyl (C=O) groups is 1. The summed E-state index contributed by atoms with van der Waals surface area (Å²) in [7, 11) is -3.30. The third kappa shape index (κ3) is 3.43. The number of hydrogen-bond acceptors (Lipinski definition) is 6. The summed E-state index contributed by atoms with van der Waals surface area (Å²) in [6, 6.07) is 9.92. The maximum atomic E-state index is 14.0. The van der Waals surface area contributed by atoms with Gasteiger partial charge in [-0.25, -0.2) is 12.7 Å². The van der Waals surface area contributed by atoms with E-state index in [1.807, 2.05) is 42.7 Å². The van der Waals surface area contributed by atoms with Crippen LogP contribution in [0, 0.1) is 0 Å². The van der Waals surface area contributed by atoms with Crippen LogP contribution in [-0.4, -0.2) is 58.1 Å². The molecular formula is C25H24N6O3S. The SMILES string of the molecule is CS(=O)(=O)N1CCC2(CC1)C(=O)N(Cc1ncc3ccccc3c1-c1cn[nH]c1)c1cnccc12. The molecule has 0 atom stereocenters. The number of sulfonamides is 1. The fraction of sp³-hybridized carbons (Fsp3) is 0.280. The fourth-order valence-corrected chi connectivity index (χ4v) is 6.36. The van der Waals surface area contributed by atoms with Crippen molar-refractivity contribution in [3.05, 3.63) is 72.6 Å². The van der Waals surface area contributed by atoms with E-state index < -0.39 is 15.4 Å². The number of benzene rings is 1. The van der Waals surface area contributed by atoms with Gasteiger partial charge >= 0.3 is 0 Å². The monoisotopic (exact) mass is 488 g/mol. The Morgan fingerprint density at radius 2 is 1.89 bits per heavy atom. The van der Waals surface area contributed by atoms with Crippen molar-refractivity contribution in [2.75, 3.05) is 24.2 Å². The lowest BCUT2D eigenvalue weighted by atomic mass is 9.74. The predicted molar refractivity (Wildman–Crippen MR) is 132 cm³/mol. The molecule has 1 N–H and O–H groups in total. The summed E-state index contributed by atoms with van der Waals surface area (Å²) in [6.45, 7) is 0.907. The average Bonchev–Trinajstić information content (AvgIpc) is 3.47. The van der Waals surface area contributed by atoms with Crippen LogP contribution in [-0.2, 0) is 26.8 Å². The van der Waals surface area contributed by atoms with Gasteiger partial charge in [-0.1, -0.05) is 24.3 Å². The highest BCUT2D eigenvalue weighted by Crippen LogP contribution is 2.48. The number of amides is 1. The summed E-state index contributed by atoms with van der Waals surface area (Å²) in [5.41, 5.74) is 3.52. The van der Waals surface area contributed by atoms with Crippen molar-refractivity contribution in [1.29, 1.82) is 0 Å². The van der Waals surface area contributed by atoms with Crippen molar-refractivity contribution in [2.24, 2.45) is 0 Å². The topological polar surface area (TPSA) is 112 Å². The van der Waals surface area contributed by atoms with Crippen LogP contribution >= 0.6 is 0 Å². The fourth-order valence-electron chi connectivity index (χ4n) is 5.51. The van der Waals surface area contributed by atoms with Gasteiger partial charge in [-0.2, -0.15) is 5.10 Å². The molecule has 10 heteroatoms. The zero-order chi connectivity index (χ0) is 24.2. The molecule has 3 aromatic heterocycles. The lowest BCUT2D eigenvalue weighted by Gasteiger charge is -2.37. The highest BCUT2D eigenvalue weighted by Gasteiger charge is 2.53. The highest BCUT2D eigenvalue weighted by molar-refractivity contribution is 7.88. The number of aromatic nitrogens is 4. The van der Waals surface area contributed by atoms with Crippen LogP contribution in [0.2, 0.25) is 0 Å². The first-order valence-corrected chi connectivity index (χ1v) is 13.3. The predicted octanol–water partition coefficient (Wildman–Crippen LogP) is 2.86. The van der Waals surface area contributed by atoms with Crippen LogP contribution in [0.4, 0.5) is 5.69 Å². The molecule has 0 unspecified atom stereocenters. The molecule has 1 spiro atoms. The Balaban J connectivity index is 1.43. The van der Waals surface area contributed by atoms with Crippen LogP contribution in [0.5, 0.6) is 0 Å². The number of piperidine rings is 1. The maximum absolute atomic E-state index is 14.0. The molecule has 0 bridgehead atoms. The maximum Gasteiger partial charge on any atom is 0.238 e. The van der Waals surface area contributed by atoms with E-state index in [-0.39, 0.29) is 12.5 Å². The van der Waals surface area contributed by atoms with Gasteiger partial charge in [0.25, 0.3) is 0 Å². The van der Waals surface area contributed by atoms with Crippen LogP contribution in [0.1, 0.15) is 24.1 Å². The van der Waals surface area contributed by atoms with Gasteiger partial charge in [-0.15, -0.1) is 0 Å². The van der Waals surface area contributed by atoms with Gasteiger partial charge in [0.1, 0.15) is 0 Å². The molecule has 178 valence electrons. The van der Waals surface area contributed by atoms with E-state index in [1.165, 1.54) is 10.6 Å². The van der Waals surface area contributed by atoms with Crippen LogP contribution < -0.4 is 4.90 Å². The Morgan fingerprint density at radius 3 is 2.63 bits per heavy atom. The van der Waals surface area contributed by atoms with Gasteiger partial charge in [-0.3, -0.25) is 19.9 Å². The number of hydrogen-bond donors (Lipinski definition) is 1. The minimum absolute atomic E-state index is 0.0262. The van der Waals surface area contributed by atoms with Crippen molar-refractivity contribution in [2.45, 2.75) is 24.8 Å². The molecule has 1 aromatic carbocycles. The molecule has 1 saturated heterocycles. The second kappa shape index (κ2) is 7.96. The molecule has 0 radical (unpaired) electrons.